The molecule has 0 unspecified atom stereocenters. The van der Waals surface area contributed by atoms with Gasteiger partial charge in [-0.05, 0) is 48.9 Å². The summed E-state index contributed by atoms with van der Waals surface area (Å²) in [5, 5.41) is 8.88. The molecule has 1 heterocycles. The summed E-state index contributed by atoms with van der Waals surface area (Å²) < 4.78 is 0. The summed E-state index contributed by atoms with van der Waals surface area (Å²) in [5.41, 5.74) is 4.82. The highest BCUT2D eigenvalue weighted by Gasteiger charge is 2.29. The van der Waals surface area contributed by atoms with Crippen LogP contribution in [-0.2, 0) is 4.79 Å². The van der Waals surface area contributed by atoms with Gasteiger partial charge in [-0.2, -0.15) is 5.10 Å². The molecule has 0 aliphatic heterocycles. The molecule has 2 amide bonds. The lowest BCUT2D eigenvalue weighted by molar-refractivity contribution is -0.117. The summed E-state index contributed by atoms with van der Waals surface area (Å²) in [7, 11) is 0. The fourth-order valence-electron chi connectivity index (χ4n) is 2.07. The lowest BCUT2D eigenvalue weighted by Crippen LogP contribution is -2.18. The number of rotatable bonds is 5. The Hall–Kier alpha value is -2.47. The van der Waals surface area contributed by atoms with Gasteiger partial charge in [-0.25, -0.2) is 5.43 Å². The normalized spacial score (nSPS) is 14.4. The van der Waals surface area contributed by atoms with Gasteiger partial charge >= 0.3 is 0 Å². The molecule has 0 saturated heterocycles. The molecule has 1 aromatic heterocycles. The zero-order chi connectivity index (χ0) is 16.2. The average molecular weight is 327 g/mol. The lowest BCUT2D eigenvalue weighted by atomic mass is 10.1. The number of carbonyl (C=O) groups is 2. The van der Waals surface area contributed by atoms with E-state index in [4.69, 9.17) is 0 Å². The molecule has 1 fully saturated rings. The Kier molecular flexibility index (Phi) is 4.52. The molecule has 0 bridgehead atoms. The molecule has 1 saturated carbocycles. The first-order valence-corrected chi connectivity index (χ1v) is 8.31. The van der Waals surface area contributed by atoms with E-state index in [0.717, 1.165) is 24.1 Å². The highest BCUT2D eigenvalue weighted by molar-refractivity contribution is 7.12. The van der Waals surface area contributed by atoms with Crippen molar-refractivity contribution in [2.45, 2.75) is 19.8 Å². The predicted molar refractivity (Wildman–Crippen MR) is 91.8 cm³/mol. The third-order valence-electron chi connectivity index (χ3n) is 3.57. The van der Waals surface area contributed by atoms with E-state index in [1.165, 1.54) is 11.3 Å². The zero-order valence-electron chi connectivity index (χ0n) is 12.7. The van der Waals surface area contributed by atoms with E-state index in [9.17, 15) is 9.59 Å². The minimum atomic E-state index is -0.224. The average Bonchev–Trinajstić information content (AvgIpc) is 3.27. The molecule has 118 valence electrons. The molecule has 0 atom stereocenters. The first kappa shape index (κ1) is 15.4. The van der Waals surface area contributed by atoms with Crippen LogP contribution in [0, 0.1) is 5.92 Å². The first-order valence-electron chi connectivity index (χ1n) is 7.43. The van der Waals surface area contributed by atoms with Gasteiger partial charge in [0.15, 0.2) is 0 Å². The second-order valence-electron chi connectivity index (χ2n) is 5.46. The van der Waals surface area contributed by atoms with Gasteiger partial charge in [-0.15, -0.1) is 11.3 Å². The number of hydrazone groups is 1. The van der Waals surface area contributed by atoms with Gasteiger partial charge in [0, 0.05) is 11.6 Å². The lowest BCUT2D eigenvalue weighted by Gasteiger charge is -2.07. The molecular weight excluding hydrogens is 310 g/mol. The van der Waals surface area contributed by atoms with Crippen molar-refractivity contribution in [1.82, 2.24) is 5.43 Å². The molecule has 0 spiro atoms. The van der Waals surface area contributed by atoms with Crippen molar-refractivity contribution >= 4 is 34.6 Å². The second kappa shape index (κ2) is 6.75. The number of hydrogen-bond acceptors (Lipinski definition) is 4. The maximum absolute atomic E-state index is 11.9. The van der Waals surface area contributed by atoms with E-state index >= 15 is 0 Å². The van der Waals surface area contributed by atoms with Crippen LogP contribution in [0.25, 0.3) is 0 Å². The van der Waals surface area contributed by atoms with Crippen LogP contribution >= 0.6 is 11.3 Å². The monoisotopic (exact) mass is 327 g/mol. The maximum Gasteiger partial charge on any atom is 0.281 e. The smallest absolute Gasteiger partial charge is 0.281 e. The number of carbonyl (C=O) groups excluding carboxylic acids is 2. The Bertz CT molecular complexity index is 749. The van der Waals surface area contributed by atoms with Gasteiger partial charge < -0.3 is 5.32 Å². The minimum Gasteiger partial charge on any atom is -0.326 e. The Morgan fingerprint density at radius 2 is 2.04 bits per heavy atom. The van der Waals surface area contributed by atoms with Crippen LogP contribution in [0.5, 0.6) is 0 Å². The Labute approximate surface area is 138 Å². The van der Waals surface area contributed by atoms with Crippen LogP contribution in [0.4, 0.5) is 5.69 Å². The van der Waals surface area contributed by atoms with Crippen molar-refractivity contribution in [3.05, 3.63) is 52.2 Å². The molecule has 3 rings (SSSR count). The molecule has 6 heteroatoms. The molecule has 1 aliphatic carbocycles. The van der Waals surface area contributed by atoms with Crippen molar-refractivity contribution in [3.63, 3.8) is 0 Å². The van der Waals surface area contributed by atoms with Gasteiger partial charge in [-0.3, -0.25) is 9.59 Å². The molecule has 2 aromatic rings. The SMILES string of the molecule is C/C(=N\NC(=O)c1cccs1)c1cccc(NC(=O)C2CC2)c1. The van der Waals surface area contributed by atoms with Crippen LogP contribution in [0.1, 0.15) is 35.0 Å². The van der Waals surface area contributed by atoms with Crippen molar-refractivity contribution in [3.8, 4) is 0 Å². The molecule has 2 N–H and O–H groups in total. The van der Waals surface area contributed by atoms with Crippen LogP contribution < -0.4 is 10.7 Å². The Morgan fingerprint density at radius 3 is 2.74 bits per heavy atom. The zero-order valence-corrected chi connectivity index (χ0v) is 13.5. The number of anilines is 1. The predicted octanol–water partition coefficient (Wildman–Crippen LogP) is 3.25. The molecule has 1 aromatic carbocycles. The van der Waals surface area contributed by atoms with E-state index in [1.807, 2.05) is 42.6 Å². The fraction of sp³-hybridized carbons (Fsp3) is 0.235. The Balaban J connectivity index is 1.66. The van der Waals surface area contributed by atoms with E-state index in [0.29, 0.717) is 10.6 Å². The van der Waals surface area contributed by atoms with Crippen LogP contribution in [-0.4, -0.2) is 17.5 Å². The highest BCUT2D eigenvalue weighted by atomic mass is 32.1. The standard InChI is InChI=1S/C17H17N3O2S/c1-11(19-20-17(22)15-6-3-9-23-15)13-4-2-5-14(10-13)18-16(21)12-7-8-12/h2-6,9-10,12H,7-8H2,1H3,(H,18,21)(H,20,22)/b19-11+. The van der Waals surface area contributed by atoms with Gasteiger partial charge in [0.05, 0.1) is 10.6 Å². The number of benzene rings is 1. The third kappa shape index (κ3) is 4.04. The summed E-state index contributed by atoms with van der Waals surface area (Å²) in [4.78, 5) is 24.3. The summed E-state index contributed by atoms with van der Waals surface area (Å²) in [5.74, 6) is 0.0128. The maximum atomic E-state index is 11.9. The van der Waals surface area contributed by atoms with Crippen molar-refractivity contribution in [1.29, 1.82) is 0 Å². The number of nitrogens with zero attached hydrogens (tertiary/aromatic N) is 1. The van der Waals surface area contributed by atoms with Gasteiger partial charge in [0.25, 0.3) is 5.91 Å². The summed E-state index contributed by atoms with van der Waals surface area (Å²) in [6.07, 6.45) is 1.95. The number of hydrogen-bond donors (Lipinski definition) is 2. The van der Waals surface area contributed by atoms with E-state index in [-0.39, 0.29) is 17.7 Å². The quantitative estimate of drug-likeness (QED) is 0.654. The van der Waals surface area contributed by atoms with Crippen molar-refractivity contribution in [2.75, 3.05) is 5.32 Å². The van der Waals surface area contributed by atoms with Crippen LogP contribution in [0.3, 0.4) is 0 Å². The van der Waals surface area contributed by atoms with Gasteiger partial charge in [0.1, 0.15) is 0 Å². The summed E-state index contributed by atoms with van der Waals surface area (Å²) in [6, 6.07) is 11.0. The van der Waals surface area contributed by atoms with E-state index in [2.05, 4.69) is 15.8 Å². The topological polar surface area (TPSA) is 70.6 Å². The van der Waals surface area contributed by atoms with Crippen LogP contribution in [0.15, 0.2) is 46.9 Å². The Morgan fingerprint density at radius 1 is 1.22 bits per heavy atom. The third-order valence-corrected chi connectivity index (χ3v) is 4.43. The number of thiophene rings is 1. The van der Waals surface area contributed by atoms with Crippen LogP contribution in [0.2, 0.25) is 0 Å². The van der Waals surface area contributed by atoms with Crippen molar-refractivity contribution < 1.29 is 9.59 Å². The van der Waals surface area contributed by atoms with Gasteiger partial charge in [-0.1, -0.05) is 18.2 Å². The minimum absolute atomic E-state index is 0.0720. The number of nitrogens with one attached hydrogen (secondary N) is 2. The first-order chi connectivity index (χ1) is 11.1. The summed E-state index contributed by atoms with van der Waals surface area (Å²) >= 11 is 1.37. The molecule has 0 radical (unpaired) electrons. The molecule has 5 nitrogen and oxygen atoms in total. The second-order valence-corrected chi connectivity index (χ2v) is 6.41. The highest BCUT2D eigenvalue weighted by Crippen LogP contribution is 2.30. The summed E-state index contributed by atoms with van der Waals surface area (Å²) in [6.45, 7) is 1.82. The fourth-order valence-corrected chi connectivity index (χ4v) is 2.69. The largest absolute Gasteiger partial charge is 0.326 e. The molecule has 1 aliphatic rings. The molecule has 23 heavy (non-hydrogen) atoms. The van der Waals surface area contributed by atoms with Gasteiger partial charge in [0.2, 0.25) is 5.91 Å². The molecular formula is C17H17N3O2S. The number of amides is 2. The van der Waals surface area contributed by atoms with E-state index in [1.54, 1.807) is 6.07 Å². The van der Waals surface area contributed by atoms with Crippen molar-refractivity contribution in [2.24, 2.45) is 11.0 Å². The van der Waals surface area contributed by atoms with E-state index < -0.39 is 0 Å².